The number of aromatic nitrogens is 2. The van der Waals surface area contributed by atoms with E-state index in [1.807, 2.05) is 30.3 Å². The van der Waals surface area contributed by atoms with Gasteiger partial charge >= 0.3 is 0 Å². The van der Waals surface area contributed by atoms with Crippen LogP contribution >= 0.6 is 0 Å². The molecular weight excluding hydrogens is 444 g/mol. The molecule has 0 unspecified atom stereocenters. The van der Waals surface area contributed by atoms with Crippen molar-refractivity contribution in [3.05, 3.63) is 89.0 Å². The van der Waals surface area contributed by atoms with E-state index in [4.69, 9.17) is 0 Å². The zero-order valence-corrected chi connectivity index (χ0v) is 17.7. The molecule has 0 saturated carbocycles. The van der Waals surface area contributed by atoms with Crippen molar-refractivity contribution in [3.8, 4) is 17.1 Å². The Morgan fingerprint density at radius 3 is 2.61 bits per heavy atom. The Bertz CT molecular complexity index is 1660. The van der Waals surface area contributed by atoms with Gasteiger partial charge in [-0.05, 0) is 36.4 Å². The van der Waals surface area contributed by atoms with Gasteiger partial charge in [0, 0.05) is 34.1 Å². The number of hydrogen-bond donors (Lipinski definition) is 3. The molecule has 0 bridgehead atoms. The molecule has 0 atom stereocenters. The van der Waals surface area contributed by atoms with Crippen LogP contribution in [-0.2, 0) is 10.0 Å². The van der Waals surface area contributed by atoms with Crippen LogP contribution in [-0.4, -0.2) is 28.4 Å². The highest BCUT2D eigenvalue weighted by Crippen LogP contribution is 2.37. The number of pyridine rings is 1. The largest absolute Gasteiger partial charge is 0.494 e. The van der Waals surface area contributed by atoms with Crippen molar-refractivity contribution in [2.45, 2.75) is 4.90 Å². The van der Waals surface area contributed by atoms with E-state index < -0.39 is 14.9 Å². The molecule has 0 aliphatic rings. The number of H-pyrrole nitrogens is 1. The molecule has 5 rings (SSSR count). The van der Waals surface area contributed by atoms with Gasteiger partial charge in [0.2, 0.25) is 0 Å². The van der Waals surface area contributed by atoms with Crippen molar-refractivity contribution < 1.29 is 18.4 Å². The van der Waals surface area contributed by atoms with Gasteiger partial charge in [-0.25, -0.2) is 13.4 Å². The van der Waals surface area contributed by atoms with E-state index in [1.165, 1.54) is 24.3 Å². The number of nitro benzene ring substituents is 1. The predicted molar refractivity (Wildman–Crippen MR) is 125 cm³/mol. The number of fused-ring (bicyclic) bond motifs is 2. The van der Waals surface area contributed by atoms with Crippen molar-refractivity contribution in [1.29, 1.82) is 0 Å². The fraction of sp³-hybridized carbons (Fsp3) is 0. The molecule has 9 nitrogen and oxygen atoms in total. The molecule has 0 aliphatic carbocycles. The van der Waals surface area contributed by atoms with Crippen LogP contribution in [0, 0.1) is 10.1 Å². The van der Waals surface area contributed by atoms with E-state index >= 15 is 0 Å². The number of nitrogens with zero attached hydrogens (tertiary/aromatic N) is 2. The summed E-state index contributed by atoms with van der Waals surface area (Å²) in [6, 6.07) is 20.8. The van der Waals surface area contributed by atoms with E-state index in [2.05, 4.69) is 14.7 Å². The van der Waals surface area contributed by atoms with Crippen LogP contribution in [0.2, 0.25) is 0 Å². The summed E-state index contributed by atoms with van der Waals surface area (Å²) in [6.45, 7) is 0. The number of nitro groups is 1. The molecule has 10 heteroatoms. The molecule has 164 valence electrons. The van der Waals surface area contributed by atoms with Crippen LogP contribution in [0.3, 0.4) is 0 Å². The van der Waals surface area contributed by atoms with Gasteiger partial charge in [-0.15, -0.1) is 0 Å². The summed E-state index contributed by atoms with van der Waals surface area (Å²) in [6.07, 6.45) is 0. The molecular formula is C23H16N4O5S. The second-order valence-electron chi connectivity index (χ2n) is 7.36. The number of aromatic hydroxyl groups is 1. The average molecular weight is 460 g/mol. The standard InChI is InChI=1S/C23H16N4O5S/c28-23-22(21-10-8-14-4-1-2-7-19(14)24-21)18-12-15(9-11-20(18)25-23)26-33(31,32)17-6-3-5-16(13-17)27(29)30/h1-13,25-26,28H. The smallest absolute Gasteiger partial charge is 0.270 e. The molecule has 0 radical (unpaired) electrons. The molecule has 2 aromatic heterocycles. The third kappa shape index (κ3) is 3.72. The minimum absolute atomic E-state index is 0.0912. The number of aromatic amines is 1. The lowest BCUT2D eigenvalue weighted by atomic mass is 10.1. The van der Waals surface area contributed by atoms with Crippen molar-refractivity contribution >= 4 is 43.2 Å². The fourth-order valence-corrected chi connectivity index (χ4v) is 4.77. The van der Waals surface area contributed by atoms with Gasteiger partial charge in [-0.2, -0.15) is 0 Å². The number of rotatable bonds is 5. The highest BCUT2D eigenvalue weighted by atomic mass is 32.2. The predicted octanol–water partition coefficient (Wildman–Crippen LogP) is 4.80. The van der Waals surface area contributed by atoms with Crippen molar-refractivity contribution in [1.82, 2.24) is 9.97 Å². The zero-order chi connectivity index (χ0) is 23.2. The van der Waals surface area contributed by atoms with Gasteiger partial charge < -0.3 is 10.1 Å². The first-order chi connectivity index (χ1) is 15.8. The van der Waals surface area contributed by atoms with Gasteiger partial charge in [0.15, 0.2) is 5.88 Å². The van der Waals surface area contributed by atoms with Gasteiger partial charge in [-0.3, -0.25) is 14.8 Å². The summed E-state index contributed by atoms with van der Waals surface area (Å²) in [5.41, 5.74) is 2.22. The lowest BCUT2D eigenvalue weighted by molar-refractivity contribution is -0.385. The van der Waals surface area contributed by atoms with E-state index in [1.54, 1.807) is 18.2 Å². The Hall–Kier alpha value is -4.44. The van der Waals surface area contributed by atoms with Crippen molar-refractivity contribution in [2.75, 3.05) is 4.72 Å². The number of hydrogen-bond acceptors (Lipinski definition) is 6. The topological polar surface area (TPSA) is 138 Å². The Morgan fingerprint density at radius 2 is 1.79 bits per heavy atom. The Balaban J connectivity index is 1.57. The minimum Gasteiger partial charge on any atom is -0.494 e. The van der Waals surface area contributed by atoms with Gasteiger partial charge in [-0.1, -0.05) is 30.3 Å². The molecule has 0 fully saturated rings. The fourth-order valence-electron chi connectivity index (χ4n) is 3.68. The number of sulfonamides is 1. The molecule has 0 aliphatic heterocycles. The second-order valence-corrected chi connectivity index (χ2v) is 9.04. The molecule has 0 spiro atoms. The summed E-state index contributed by atoms with van der Waals surface area (Å²) in [7, 11) is -4.08. The lowest BCUT2D eigenvalue weighted by Gasteiger charge is -2.09. The van der Waals surface area contributed by atoms with Crippen molar-refractivity contribution in [3.63, 3.8) is 0 Å². The van der Waals surface area contributed by atoms with Gasteiger partial charge in [0.25, 0.3) is 15.7 Å². The third-order valence-corrected chi connectivity index (χ3v) is 6.60. The van der Waals surface area contributed by atoms with E-state index in [9.17, 15) is 23.6 Å². The van der Waals surface area contributed by atoms with Crippen LogP contribution in [0.15, 0.2) is 83.8 Å². The van der Waals surface area contributed by atoms with Crippen molar-refractivity contribution in [2.24, 2.45) is 0 Å². The molecule has 3 aromatic carbocycles. The van der Waals surface area contributed by atoms with Gasteiger partial charge in [0.1, 0.15) is 0 Å². The number of para-hydroxylation sites is 1. The van der Waals surface area contributed by atoms with E-state index in [-0.39, 0.29) is 22.2 Å². The lowest BCUT2D eigenvalue weighted by Crippen LogP contribution is -2.13. The Labute approximate surface area is 187 Å². The minimum atomic E-state index is -4.08. The highest BCUT2D eigenvalue weighted by Gasteiger charge is 2.20. The Morgan fingerprint density at radius 1 is 0.970 bits per heavy atom. The molecule has 3 N–H and O–H groups in total. The first kappa shape index (κ1) is 20.5. The second kappa shape index (κ2) is 7.61. The molecule has 0 amide bonds. The maximum Gasteiger partial charge on any atom is 0.270 e. The van der Waals surface area contributed by atoms with Crippen LogP contribution in [0.5, 0.6) is 5.88 Å². The molecule has 0 saturated heterocycles. The average Bonchev–Trinajstić information content (AvgIpc) is 3.13. The van der Waals surface area contributed by atoms with Crippen LogP contribution in [0.25, 0.3) is 33.1 Å². The summed E-state index contributed by atoms with van der Waals surface area (Å²) in [5, 5.41) is 23.1. The summed E-state index contributed by atoms with van der Waals surface area (Å²) >= 11 is 0. The first-order valence-electron chi connectivity index (χ1n) is 9.80. The summed E-state index contributed by atoms with van der Waals surface area (Å²) in [4.78, 5) is 17.6. The summed E-state index contributed by atoms with van der Waals surface area (Å²) < 4.78 is 28.1. The first-order valence-corrected chi connectivity index (χ1v) is 11.3. The van der Waals surface area contributed by atoms with Crippen LogP contribution in [0.4, 0.5) is 11.4 Å². The number of anilines is 1. The maximum atomic E-state index is 12.8. The maximum absolute atomic E-state index is 12.8. The molecule has 5 aromatic rings. The quantitative estimate of drug-likeness (QED) is 0.254. The number of nitrogens with one attached hydrogen (secondary N) is 2. The van der Waals surface area contributed by atoms with Gasteiger partial charge in [0.05, 0.1) is 26.6 Å². The highest BCUT2D eigenvalue weighted by molar-refractivity contribution is 7.92. The molecule has 33 heavy (non-hydrogen) atoms. The third-order valence-electron chi connectivity index (χ3n) is 5.22. The number of benzene rings is 3. The van der Waals surface area contributed by atoms with Crippen LogP contribution < -0.4 is 4.72 Å². The summed E-state index contributed by atoms with van der Waals surface area (Å²) in [5.74, 6) is -0.0912. The van der Waals surface area contributed by atoms with E-state index in [0.29, 0.717) is 22.2 Å². The zero-order valence-electron chi connectivity index (χ0n) is 16.9. The normalized spacial score (nSPS) is 11.6. The Kier molecular flexibility index (Phi) is 4.72. The SMILES string of the molecule is O=[N+]([O-])c1cccc(S(=O)(=O)Nc2ccc3[nH]c(O)c(-c4ccc5ccccc5n4)c3c2)c1. The molecule has 2 heterocycles. The van der Waals surface area contributed by atoms with Crippen LogP contribution in [0.1, 0.15) is 0 Å². The number of non-ortho nitro benzene ring substituents is 1. The monoisotopic (exact) mass is 460 g/mol. The van der Waals surface area contributed by atoms with E-state index in [0.717, 1.165) is 17.0 Å².